The molecule has 1 amide bonds. The number of piperidine rings is 1. The average molecular weight is 438 g/mol. The quantitative estimate of drug-likeness (QED) is 0.616. The molecule has 0 saturated carbocycles. The highest BCUT2D eigenvalue weighted by Crippen LogP contribution is 2.28. The van der Waals surface area contributed by atoms with Gasteiger partial charge in [-0.25, -0.2) is 0 Å². The smallest absolute Gasteiger partial charge is 0.238 e. The highest BCUT2D eigenvalue weighted by Gasteiger charge is 2.22. The van der Waals surface area contributed by atoms with Gasteiger partial charge in [-0.3, -0.25) is 14.5 Å². The first-order valence-corrected chi connectivity index (χ1v) is 11.3. The number of carbonyl (C=O) groups excluding carboxylic acids is 2. The number of fused-ring (bicyclic) bond motifs is 1. The molecule has 1 aliphatic carbocycles. The lowest BCUT2D eigenvalue weighted by Gasteiger charge is -2.33. The maximum Gasteiger partial charge on any atom is 0.238 e. The van der Waals surface area contributed by atoms with Crippen LogP contribution in [0.25, 0.3) is 0 Å². The number of aryl methyl sites for hydroxylation is 1. The van der Waals surface area contributed by atoms with Crippen LogP contribution >= 0.6 is 0 Å². The molecule has 2 aromatic carbocycles. The van der Waals surface area contributed by atoms with E-state index in [1.165, 1.54) is 0 Å². The van der Waals surface area contributed by atoms with E-state index >= 15 is 0 Å². The van der Waals surface area contributed by atoms with Gasteiger partial charge in [0.25, 0.3) is 0 Å². The molecule has 7 heteroatoms. The Morgan fingerprint density at radius 1 is 1.19 bits per heavy atom. The van der Waals surface area contributed by atoms with E-state index in [4.69, 9.17) is 4.74 Å². The zero-order valence-electron chi connectivity index (χ0n) is 18.5. The number of aliphatic hydroxyl groups excluding tert-OH is 1. The number of methoxy groups -OCH3 is 1. The summed E-state index contributed by atoms with van der Waals surface area (Å²) in [6.45, 7) is 1.91. The number of aliphatic hydroxyl groups is 1. The van der Waals surface area contributed by atoms with Gasteiger partial charge in [-0.05, 0) is 61.6 Å². The van der Waals surface area contributed by atoms with Crippen molar-refractivity contribution in [2.24, 2.45) is 0 Å². The van der Waals surface area contributed by atoms with Crippen molar-refractivity contribution in [2.45, 2.75) is 44.8 Å². The van der Waals surface area contributed by atoms with Crippen molar-refractivity contribution >= 4 is 23.1 Å². The van der Waals surface area contributed by atoms with Gasteiger partial charge >= 0.3 is 0 Å². The monoisotopic (exact) mass is 437 g/mol. The minimum absolute atomic E-state index is 0.0335. The fourth-order valence-corrected chi connectivity index (χ4v) is 4.64. The van der Waals surface area contributed by atoms with E-state index in [1.807, 2.05) is 36.4 Å². The lowest BCUT2D eigenvalue weighted by Crippen LogP contribution is -2.42. The Morgan fingerprint density at radius 3 is 2.75 bits per heavy atom. The van der Waals surface area contributed by atoms with Gasteiger partial charge in [-0.2, -0.15) is 0 Å². The maximum atomic E-state index is 12.6. The van der Waals surface area contributed by atoms with Gasteiger partial charge in [-0.1, -0.05) is 6.07 Å². The van der Waals surface area contributed by atoms with Crippen LogP contribution in [-0.4, -0.2) is 54.5 Å². The van der Waals surface area contributed by atoms with Crippen molar-refractivity contribution in [1.82, 2.24) is 4.90 Å². The fourth-order valence-electron chi connectivity index (χ4n) is 4.64. The van der Waals surface area contributed by atoms with E-state index in [9.17, 15) is 14.7 Å². The summed E-state index contributed by atoms with van der Waals surface area (Å²) in [5, 5.41) is 16.2. The van der Waals surface area contributed by atoms with Crippen LogP contribution in [0.3, 0.4) is 0 Å². The molecule has 2 aromatic rings. The number of rotatable bonds is 7. The van der Waals surface area contributed by atoms with Gasteiger partial charge in [0.15, 0.2) is 5.78 Å². The van der Waals surface area contributed by atoms with Crippen molar-refractivity contribution in [2.75, 3.05) is 37.4 Å². The molecule has 0 atom stereocenters. The zero-order chi connectivity index (χ0) is 22.5. The van der Waals surface area contributed by atoms with Crippen LogP contribution in [-0.2, 0) is 17.8 Å². The molecule has 3 N–H and O–H groups in total. The van der Waals surface area contributed by atoms with Crippen LogP contribution in [0.4, 0.5) is 11.4 Å². The van der Waals surface area contributed by atoms with Crippen molar-refractivity contribution < 1.29 is 19.4 Å². The molecule has 1 heterocycles. The zero-order valence-corrected chi connectivity index (χ0v) is 18.5. The number of likely N-dealkylation sites (tertiary alicyclic amines) is 1. The number of ketones is 1. The summed E-state index contributed by atoms with van der Waals surface area (Å²) >= 11 is 0. The predicted molar refractivity (Wildman–Crippen MR) is 124 cm³/mol. The van der Waals surface area contributed by atoms with Gasteiger partial charge in [0.05, 0.1) is 20.3 Å². The number of nitrogens with zero attached hydrogens (tertiary/aromatic N) is 1. The molecule has 1 aliphatic heterocycles. The molecule has 7 nitrogen and oxygen atoms in total. The second-order valence-electron chi connectivity index (χ2n) is 8.54. The van der Waals surface area contributed by atoms with Crippen LogP contribution in [0, 0.1) is 0 Å². The summed E-state index contributed by atoms with van der Waals surface area (Å²) in [5.74, 6) is 0.840. The lowest BCUT2D eigenvalue weighted by molar-refractivity contribution is -0.117. The third kappa shape index (κ3) is 5.11. The topological polar surface area (TPSA) is 90.9 Å². The largest absolute Gasteiger partial charge is 0.496 e. The number of Topliss-reactive ketones (excluding diaryl/α,β-unsaturated/α-hetero) is 1. The molecule has 0 radical (unpaired) electrons. The van der Waals surface area contributed by atoms with Crippen molar-refractivity contribution in [3.63, 3.8) is 0 Å². The number of benzene rings is 2. The molecule has 0 aromatic heterocycles. The molecule has 1 saturated heterocycles. The Labute approximate surface area is 188 Å². The van der Waals surface area contributed by atoms with Crippen LogP contribution in [0.2, 0.25) is 0 Å². The van der Waals surface area contributed by atoms with Gasteiger partial charge in [-0.15, -0.1) is 0 Å². The normalized spacial score (nSPS) is 17.0. The Balaban J connectivity index is 1.27. The minimum atomic E-state index is -0.0811. The number of carbonyl (C=O) groups is 2. The third-order valence-corrected chi connectivity index (χ3v) is 6.36. The molecule has 0 bridgehead atoms. The summed E-state index contributed by atoms with van der Waals surface area (Å²) in [6.07, 6.45) is 4.20. The summed E-state index contributed by atoms with van der Waals surface area (Å²) in [4.78, 5) is 26.7. The first-order valence-electron chi connectivity index (χ1n) is 11.3. The number of amides is 1. The highest BCUT2D eigenvalue weighted by molar-refractivity contribution is 5.99. The van der Waals surface area contributed by atoms with Gasteiger partial charge in [0.2, 0.25) is 5.91 Å². The Kier molecular flexibility index (Phi) is 7.07. The van der Waals surface area contributed by atoms with Crippen LogP contribution < -0.4 is 15.4 Å². The van der Waals surface area contributed by atoms with Gasteiger partial charge < -0.3 is 20.5 Å². The van der Waals surface area contributed by atoms with E-state index in [0.717, 1.165) is 66.8 Å². The van der Waals surface area contributed by atoms with E-state index < -0.39 is 0 Å². The van der Waals surface area contributed by atoms with Crippen molar-refractivity contribution in [3.8, 4) is 5.75 Å². The van der Waals surface area contributed by atoms with Crippen LogP contribution in [0.1, 0.15) is 47.2 Å². The second kappa shape index (κ2) is 10.1. The molecular formula is C25H31N3O4. The molecular weight excluding hydrogens is 406 g/mol. The Bertz CT molecular complexity index is 983. The number of hydrogen-bond donors (Lipinski definition) is 3. The first kappa shape index (κ1) is 22.3. The lowest BCUT2D eigenvalue weighted by atomic mass is 9.90. The summed E-state index contributed by atoms with van der Waals surface area (Å²) < 4.78 is 5.34. The molecule has 4 rings (SSSR count). The number of hydrogen-bond acceptors (Lipinski definition) is 6. The number of ether oxygens (including phenoxy) is 1. The molecule has 2 aliphatic rings. The van der Waals surface area contributed by atoms with E-state index in [0.29, 0.717) is 18.7 Å². The predicted octanol–water partition coefficient (Wildman–Crippen LogP) is 3.22. The standard InChI is InChI=1S/C25H31N3O4/c1-32-24-7-3-5-22(21(24)16-29)26-18-10-12-28(13-11-18)15-25(31)27-19-8-9-20-17(14-19)4-2-6-23(20)30/h3,5,7-9,14,18,26,29H,2,4,6,10-13,15-16H2,1H3,(H,27,31). The van der Waals surface area contributed by atoms with Crippen LogP contribution in [0.15, 0.2) is 36.4 Å². The number of nitrogens with one attached hydrogen (secondary N) is 2. The summed E-state index contributed by atoms with van der Waals surface area (Å²) in [5.41, 5.74) is 4.25. The van der Waals surface area contributed by atoms with Crippen molar-refractivity contribution in [3.05, 3.63) is 53.1 Å². The van der Waals surface area contributed by atoms with Crippen LogP contribution in [0.5, 0.6) is 5.75 Å². The van der Waals surface area contributed by atoms with E-state index in [2.05, 4.69) is 15.5 Å². The summed E-state index contributed by atoms with van der Waals surface area (Å²) in [6, 6.07) is 11.6. The maximum absolute atomic E-state index is 12.6. The van der Waals surface area contributed by atoms with E-state index in [-0.39, 0.29) is 24.3 Å². The Morgan fingerprint density at radius 2 is 2.00 bits per heavy atom. The molecule has 32 heavy (non-hydrogen) atoms. The third-order valence-electron chi connectivity index (χ3n) is 6.36. The summed E-state index contributed by atoms with van der Waals surface area (Å²) in [7, 11) is 1.60. The molecule has 1 fully saturated rings. The Hall–Kier alpha value is -2.90. The van der Waals surface area contributed by atoms with E-state index in [1.54, 1.807) is 7.11 Å². The number of anilines is 2. The minimum Gasteiger partial charge on any atom is -0.496 e. The molecule has 170 valence electrons. The van der Waals surface area contributed by atoms with Crippen molar-refractivity contribution in [1.29, 1.82) is 0 Å². The van der Waals surface area contributed by atoms with Gasteiger partial charge in [0.1, 0.15) is 5.75 Å². The average Bonchev–Trinajstić information content (AvgIpc) is 2.80. The molecule has 0 spiro atoms. The van der Waals surface area contributed by atoms with Gasteiger partial charge in [0, 0.05) is 48.1 Å². The SMILES string of the molecule is COc1cccc(NC2CCN(CC(=O)Nc3ccc4c(c3)CCCC4=O)CC2)c1CO. The fraction of sp³-hybridized carbons (Fsp3) is 0.440. The molecule has 0 unspecified atom stereocenters. The first-order chi connectivity index (χ1) is 15.6. The second-order valence-corrected chi connectivity index (χ2v) is 8.54. The highest BCUT2D eigenvalue weighted by atomic mass is 16.5.